The highest BCUT2D eigenvalue weighted by Gasteiger charge is 2.46. The minimum Gasteiger partial charge on any atom is -0.326 e. The van der Waals surface area contributed by atoms with Crippen LogP contribution in [0.15, 0.2) is 42.5 Å². The molecule has 1 fully saturated rings. The maximum absolute atomic E-state index is 13.2. The van der Waals surface area contributed by atoms with Crippen LogP contribution in [0.1, 0.15) is 36.8 Å². The second kappa shape index (κ2) is 9.06. The highest BCUT2D eigenvalue weighted by atomic mass is 35.5. The topological polar surface area (TPSA) is 69.7 Å². The molecule has 0 radical (unpaired) electrons. The molecule has 1 N–H and O–H groups in total. The number of imide groups is 1. The monoisotopic (exact) mass is 443 g/mol. The minimum absolute atomic E-state index is 0.0443. The van der Waals surface area contributed by atoms with Crippen LogP contribution in [0.2, 0.25) is 5.02 Å². The van der Waals surface area contributed by atoms with Crippen LogP contribution in [-0.2, 0) is 22.6 Å². The summed E-state index contributed by atoms with van der Waals surface area (Å²) in [5, 5.41) is 2.64. The van der Waals surface area contributed by atoms with Gasteiger partial charge < -0.3 is 10.2 Å². The summed E-state index contributed by atoms with van der Waals surface area (Å²) in [6.07, 6.45) is 2.82. The van der Waals surface area contributed by atoms with Gasteiger partial charge in [0.1, 0.15) is 11.9 Å². The van der Waals surface area contributed by atoms with Gasteiger partial charge in [-0.2, -0.15) is 0 Å². The fourth-order valence-electron chi connectivity index (χ4n) is 4.11. The van der Waals surface area contributed by atoms with Crippen LogP contribution in [0.3, 0.4) is 0 Å². The van der Waals surface area contributed by atoms with Crippen molar-refractivity contribution in [1.82, 2.24) is 9.80 Å². The molecule has 2 aromatic rings. The van der Waals surface area contributed by atoms with Crippen LogP contribution >= 0.6 is 11.6 Å². The number of fused-ring (bicyclic) bond motifs is 2. The van der Waals surface area contributed by atoms with Crippen molar-refractivity contribution in [2.24, 2.45) is 0 Å². The van der Waals surface area contributed by atoms with Crippen LogP contribution in [0.25, 0.3) is 0 Å². The van der Waals surface area contributed by atoms with E-state index in [2.05, 4.69) is 5.32 Å². The summed E-state index contributed by atoms with van der Waals surface area (Å²) in [6.45, 7) is 0.825. The smallest absolute Gasteiger partial charge is 0.326 e. The molecule has 0 aromatic heterocycles. The average Bonchev–Trinajstić information content (AvgIpc) is 2.98. The Hall–Kier alpha value is -2.93. The van der Waals surface area contributed by atoms with Crippen LogP contribution in [0.5, 0.6) is 0 Å². The average molecular weight is 444 g/mol. The molecule has 2 heterocycles. The molecular formula is C23H23ClFN3O3. The van der Waals surface area contributed by atoms with Gasteiger partial charge in [-0.25, -0.2) is 9.18 Å². The molecule has 0 aliphatic carbocycles. The second-order valence-corrected chi connectivity index (χ2v) is 8.28. The Bertz CT molecular complexity index is 986. The van der Waals surface area contributed by atoms with Gasteiger partial charge in [-0.05, 0) is 42.2 Å². The molecule has 0 saturated carbocycles. The minimum atomic E-state index is -0.536. The van der Waals surface area contributed by atoms with Gasteiger partial charge in [0.15, 0.2) is 0 Å². The molecule has 0 unspecified atom stereocenters. The highest BCUT2D eigenvalue weighted by Crippen LogP contribution is 2.30. The van der Waals surface area contributed by atoms with Gasteiger partial charge in [0.2, 0.25) is 5.91 Å². The number of hydrogen-bond acceptors (Lipinski definition) is 3. The first-order chi connectivity index (χ1) is 14.9. The largest absolute Gasteiger partial charge is 0.327 e. The van der Waals surface area contributed by atoms with Gasteiger partial charge in [-0.3, -0.25) is 14.5 Å². The van der Waals surface area contributed by atoms with E-state index in [9.17, 15) is 18.8 Å². The molecule has 4 amide bonds. The molecule has 0 bridgehead atoms. The van der Waals surface area contributed by atoms with Crippen molar-refractivity contribution >= 4 is 35.1 Å². The van der Waals surface area contributed by atoms with Gasteiger partial charge >= 0.3 is 6.03 Å². The lowest BCUT2D eigenvalue weighted by atomic mass is 9.95. The zero-order chi connectivity index (χ0) is 22.0. The van der Waals surface area contributed by atoms with Crippen molar-refractivity contribution in [3.8, 4) is 0 Å². The molecular weight excluding hydrogens is 421 g/mol. The number of carbonyl (C=O) groups excluding carboxylic acids is 3. The van der Waals surface area contributed by atoms with Gasteiger partial charge in [-0.15, -0.1) is 0 Å². The highest BCUT2D eigenvalue weighted by molar-refractivity contribution is 6.31. The Morgan fingerprint density at radius 1 is 1.10 bits per heavy atom. The number of carbonyl (C=O) groups is 3. The predicted octanol–water partition coefficient (Wildman–Crippen LogP) is 4.37. The van der Waals surface area contributed by atoms with Crippen molar-refractivity contribution < 1.29 is 18.8 Å². The van der Waals surface area contributed by atoms with Crippen molar-refractivity contribution in [2.75, 3.05) is 11.9 Å². The van der Waals surface area contributed by atoms with E-state index in [0.29, 0.717) is 50.9 Å². The van der Waals surface area contributed by atoms with E-state index in [-0.39, 0.29) is 22.9 Å². The molecule has 2 aliphatic heterocycles. The number of anilines is 1. The molecule has 2 aliphatic rings. The second-order valence-electron chi connectivity index (χ2n) is 7.88. The first-order valence-electron chi connectivity index (χ1n) is 10.4. The number of urea groups is 1. The normalized spacial score (nSPS) is 17.5. The Kier molecular flexibility index (Phi) is 6.23. The SMILES string of the molecule is O=C(CCCCCN1C(=O)[C@@H]2Cc3ccccc3CN2C1=O)Nc1ccc(F)c(Cl)c1. The molecule has 31 heavy (non-hydrogen) atoms. The number of hydrogen-bond donors (Lipinski definition) is 1. The maximum atomic E-state index is 13.2. The standard InChI is InChI=1S/C23H23ClFN3O3/c24-18-13-17(9-10-19(18)25)26-21(29)8-2-1-5-11-27-22(30)20-12-15-6-3-4-7-16(15)14-28(20)23(27)31/h3-4,6-7,9-10,13,20H,1-2,5,8,11-12,14H2,(H,26,29)/t20-/m0/s1. The summed E-state index contributed by atoms with van der Waals surface area (Å²) in [7, 11) is 0. The zero-order valence-corrected chi connectivity index (χ0v) is 17.7. The van der Waals surface area contributed by atoms with Crippen molar-refractivity contribution in [1.29, 1.82) is 0 Å². The number of nitrogens with one attached hydrogen (secondary N) is 1. The van der Waals surface area contributed by atoms with E-state index in [0.717, 1.165) is 11.1 Å². The Balaban J connectivity index is 1.21. The predicted molar refractivity (Wildman–Crippen MR) is 115 cm³/mol. The van der Waals surface area contributed by atoms with E-state index in [4.69, 9.17) is 11.6 Å². The Labute approximate surface area is 185 Å². The van der Waals surface area contributed by atoms with E-state index >= 15 is 0 Å². The van der Waals surface area contributed by atoms with E-state index in [1.807, 2.05) is 24.3 Å². The fraction of sp³-hybridized carbons (Fsp3) is 0.348. The third-order valence-corrected chi connectivity index (χ3v) is 6.05. The summed E-state index contributed by atoms with van der Waals surface area (Å²) >= 11 is 5.71. The first-order valence-corrected chi connectivity index (χ1v) is 10.8. The third kappa shape index (κ3) is 4.56. The zero-order valence-electron chi connectivity index (χ0n) is 16.9. The van der Waals surface area contributed by atoms with Crippen LogP contribution in [-0.4, -0.2) is 40.2 Å². The molecule has 1 atom stereocenters. The third-order valence-electron chi connectivity index (χ3n) is 5.77. The lowest BCUT2D eigenvalue weighted by molar-refractivity contribution is -0.128. The molecule has 162 valence electrons. The summed E-state index contributed by atoms with van der Waals surface area (Å²) in [6, 6.07) is 11.3. The number of amides is 4. The quantitative estimate of drug-likeness (QED) is 0.510. The Morgan fingerprint density at radius 2 is 1.87 bits per heavy atom. The Morgan fingerprint density at radius 3 is 2.65 bits per heavy atom. The van der Waals surface area contributed by atoms with E-state index < -0.39 is 11.9 Å². The lowest BCUT2D eigenvalue weighted by Gasteiger charge is -2.28. The van der Waals surface area contributed by atoms with E-state index in [1.165, 1.54) is 23.1 Å². The molecule has 0 spiro atoms. The number of benzene rings is 2. The van der Waals surface area contributed by atoms with Gasteiger partial charge in [0, 0.05) is 31.6 Å². The van der Waals surface area contributed by atoms with Crippen molar-refractivity contribution in [2.45, 2.75) is 44.7 Å². The lowest BCUT2D eigenvalue weighted by Crippen LogP contribution is -2.39. The molecule has 6 nitrogen and oxygen atoms in total. The van der Waals surface area contributed by atoms with E-state index in [1.54, 1.807) is 4.90 Å². The summed E-state index contributed by atoms with van der Waals surface area (Å²) in [5.41, 5.74) is 2.66. The maximum Gasteiger partial charge on any atom is 0.327 e. The molecule has 2 aromatic carbocycles. The first kappa shape index (κ1) is 21.3. The van der Waals surface area contributed by atoms with Crippen molar-refractivity contribution in [3.63, 3.8) is 0 Å². The fourth-order valence-corrected chi connectivity index (χ4v) is 4.29. The van der Waals surface area contributed by atoms with Crippen LogP contribution in [0, 0.1) is 5.82 Å². The number of nitrogens with zero attached hydrogens (tertiary/aromatic N) is 2. The van der Waals surface area contributed by atoms with Gasteiger partial charge in [0.25, 0.3) is 5.91 Å². The summed E-state index contributed by atoms with van der Waals surface area (Å²) in [5.74, 6) is -0.859. The number of rotatable bonds is 7. The van der Waals surface area contributed by atoms with Gasteiger partial charge in [0.05, 0.1) is 5.02 Å². The van der Waals surface area contributed by atoms with Crippen LogP contribution in [0.4, 0.5) is 14.9 Å². The number of unbranched alkanes of at least 4 members (excludes halogenated alkanes) is 2. The van der Waals surface area contributed by atoms with Crippen molar-refractivity contribution in [3.05, 3.63) is 64.4 Å². The molecule has 8 heteroatoms. The van der Waals surface area contributed by atoms with Crippen LogP contribution < -0.4 is 5.32 Å². The summed E-state index contributed by atoms with van der Waals surface area (Å²) < 4.78 is 13.2. The molecule has 1 saturated heterocycles. The molecule has 4 rings (SSSR count). The summed E-state index contributed by atoms with van der Waals surface area (Å²) in [4.78, 5) is 40.5. The van der Waals surface area contributed by atoms with Gasteiger partial charge in [-0.1, -0.05) is 42.3 Å². The number of halogens is 2.